The minimum absolute atomic E-state index is 0.0679. The average molecular weight is 384 g/mol. The van der Waals surface area contributed by atoms with Crippen molar-refractivity contribution >= 4 is 11.6 Å². The van der Waals surface area contributed by atoms with Crippen molar-refractivity contribution in [2.24, 2.45) is 0 Å². The van der Waals surface area contributed by atoms with Crippen LogP contribution in [0.15, 0.2) is 54.6 Å². The molecule has 0 aliphatic carbocycles. The summed E-state index contributed by atoms with van der Waals surface area (Å²) >= 11 is 6.13. The minimum Gasteiger partial charge on any atom is -0.286 e. The van der Waals surface area contributed by atoms with Crippen molar-refractivity contribution in [1.29, 1.82) is 0 Å². The number of halogens is 1. The molecule has 0 unspecified atom stereocenters. The number of hydrogen-bond acceptors (Lipinski definition) is 4. The molecule has 1 heterocycles. The molecule has 0 saturated heterocycles. The first-order valence-corrected chi connectivity index (χ1v) is 9.60. The van der Waals surface area contributed by atoms with Gasteiger partial charge in [0.05, 0.1) is 11.6 Å². The van der Waals surface area contributed by atoms with E-state index < -0.39 is 0 Å². The van der Waals surface area contributed by atoms with E-state index in [9.17, 15) is 0 Å². The van der Waals surface area contributed by atoms with E-state index in [1.54, 1.807) is 0 Å². The Balaban J connectivity index is 2.07. The maximum Gasteiger partial charge on any atom is 0.173 e. The third-order valence-corrected chi connectivity index (χ3v) is 4.81. The Morgan fingerprint density at radius 2 is 1.70 bits per heavy atom. The van der Waals surface area contributed by atoms with E-state index in [1.165, 1.54) is 5.56 Å². The molecule has 1 atom stereocenters. The molecule has 0 N–H and O–H groups in total. The third-order valence-electron chi connectivity index (χ3n) is 4.56. The highest BCUT2D eigenvalue weighted by Gasteiger charge is 2.30. The van der Waals surface area contributed by atoms with Gasteiger partial charge >= 0.3 is 0 Å². The lowest BCUT2D eigenvalue weighted by Crippen LogP contribution is -2.35. The third kappa shape index (κ3) is 4.54. The fourth-order valence-corrected chi connectivity index (χ4v) is 3.34. The molecule has 0 fully saturated rings. The summed E-state index contributed by atoms with van der Waals surface area (Å²) in [5.74, 6) is 0.836. The van der Waals surface area contributed by atoms with Gasteiger partial charge in [-0.15, -0.1) is 5.10 Å². The molecule has 2 aromatic carbocycles. The van der Waals surface area contributed by atoms with Crippen molar-refractivity contribution in [3.8, 4) is 0 Å². The van der Waals surface area contributed by atoms with Crippen LogP contribution in [0, 0.1) is 0 Å². The number of benzene rings is 2. The van der Waals surface area contributed by atoms with Crippen molar-refractivity contribution in [2.75, 3.05) is 6.54 Å². The van der Waals surface area contributed by atoms with E-state index in [4.69, 9.17) is 11.6 Å². The van der Waals surface area contributed by atoms with E-state index in [0.29, 0.717) is 0 Å². The monoisotopic (exact) mass is 383 g/mol. The fraction of sp³-hybridized carbons (Fsp3) is 0.381. The zero-order valence-corrected chi connectivity index (χ0v) is 17.1. The molecule has 0 aliphatic heterocycles. The summed E-state index contributed by atoms with van der Waals surface area (Å²) in [6.07, 6.45) is 0. The van der Waals surface area contributed by atoms with Crippen molar-refractivity contribution in [3.05, 3.63) is 76.6 Å². The Bertz CT molecular complexity index is 852. The van der Waals surface area contributed by atoms with Gasteiger partial charge in [0.15, 0.2) is 5.82 Å². The first-order chi connectivity index (χ1) is 12.9. The molecule has 0 radical (unpaired) electrons. The van der Waals surface area contributed by atoms with Crippen LogP contribution in [0.3, 0.4) is 0 Å². The van der Waals surface area contributed by atoms with Gasteiger partial charge in [-0.3, -0.25) is 4.90 Å². The molecule has 0 amide bonds. The second kappa shape index (κ2) is 8.19. The second-order valence-corrected chi connectivity index (χ2v) is 8.06. The van der Waals surface area contributed by atoms with Crippen LogP contribution in [-0.2, 0) is 12.1 Å². The summed E-state index contributed by atoms with van der Waals surface area (Å²) < 4.78 is 1.92. The van der Waals surface area contributed by atoms with Crippen LogP contribution < -0.4 is 0 Å². The van der Waals surface area contributed by atoms with Gasteiger partial charge < -0.3 is 0 Å². The second-order valence-electron chi connectivity index (χ2n) is 7.62. The maximum atomic E-state index is 6.13. The number of aromatic nitrogens is 4. The molecule has 27 heavy (non-hydrogen) atoms. The normalized spacial score (nSPS) is 13.1. The molecule has 5 nitrogen and oxygen atoms in total. The van der Waals surface area contributed by atoms with Crippen LogP contribution in [-0.4, -0.2) is 31.7 Å². The van der Waals surface area contributed by atoms with E-state index in [2.05, 4.69) is 84.5 Å². The number of nitrogens with zero attached hydrogens (tertiary/aromatic N) is 5. The van der Waals surface area contributed by atoms with Gasteiger partial charge in [0.2, 0.25) is 0 Å². The Morgan fingerprint density at radius 3 is 2.30 bits per heavy atom. The molecule has 3 rings (SSSR count). The number of tetrazole rings is 1. The van der Waals surface area contributed by atoms with Crippen molar-refractivity contribution < 1.29 is 0 Å². The van der Waals surface area contributed by atoms with Crippen molar-refractivity contribution in [3.63, 3.8) is 0 Å². The number of rotatable bonds is 6. The maximum absolute atomic E-state index is 6.13. The summed E-state index contributed by atoms with van der Waals surface area (Å²) in [6, 6.07) is 18.4. The molecule has 3 aromatic rings. The van der Waals surface area contributed by atoms with Gasteiger partial charge in [-0.25, -0.2) is 4.68 Å². The smallest absolute Gasteiger partial charge is 0.173 e. The van der Waals surface area contributed by atoms with Gasteiger partial charge in [0.1, 0.15) is 0 Å². The van der Waals surface area contributed by atoms with Crippen LogP contribution in [0.25, 0.3) is 0 Å². The Kier molecular flexibility index (Phi) is 5.92. The van der Waals surface area contributed by atoms with Crippen LogP contribution in [0.2, 0.25) is 5.02 Å². The van der Waals surface area contributed by atoms with Crippen LogP contribution in [0.5, 0.6) is 0 Å². The topological polar surface area (TPSA) is 46.8 Å². The van der Waals surface area contributed by atoms with Gasteiger partial charge in [0.25, 0.3) is 0 Å². The molecule has 0 saturated carbocycles. The average Bonchev–Trinajstić information content (AvgIpc) is 3.13. The summed E-state index contributed by atoms with van der Waals surface area (Å²) in [5.41, 5.74) is 2.17. The summed E-state index contributed by atoms with van der Waals surface area (Å²) in [6.45, 7) is 10.2. The largest absolute Gasteiger partial charge is 0.286 e. The quantitative estimate of drug-likeness (QED) is 0.619. The lowest BCUT2D eigenvalue weighted by atomic mass is 10.0. The molecular formula is C21H26ClN5. The van der Waals surface area contributed by atoms with Crippen LogP contribution >= 0.6 is 11.6 Å². The van der Waals surface area contributed by atoms with Gasteiger partial charge in [0, 0.05) is 11.6 Å². The molecule has 0 bridgehead atoms. The standard InChI is InChI=1S/C21H26ClN5/c1-5-26(15-16-9-7-6-8-10-16)19(17-11-13-18(22)14-12-17)20-23-24-25-27(20)21(2,3)4/h6-14,19H,5,15H2,1-4H3/t19-/m0/s1. The first-order valence-electron chi connectivity index (χ1n) is 9.22. The fourth-order valence-electron chi connectivity index (χ4n) is 3.21. The molecule has 142 valence electrons. The first kappa shape index (κ1) is 19.5. The summed E-state index contributed by atoms with van der Waals surface area (Å²) in [5, 5.41) is 13.4. The molecule has 0 aliphatic rings. The van der Waals surface area contributed by atoms with E-state index in [0.717, 1.165) is 29.5 Å². The lowest BCUT2D eigenvalue weighted by Gasteiger charge is -2.32. The zero-order valence-electron chi connectivity index (χ0n) is 16.3. The predicted molar refractivity (Wildman–Crippen MR) is 109 cm³/mol. The molecule has 1 aromatic heterocycles. The Labute approximate surface area is 166 Å². The van der Waals surface area contributed by atoms with Gasteiger partial charge in [-0.2, -0.15) is 0 Å². The Morgan fingerprint density at radius 1 is 1.04 bits per heavy atom. The molecular weight excluding hydrogens is 358 g/mol. The Hall–Kier alpha value is -2.24. The van der Waals surface area contributed by atoms with Crippen LogP contribution in [0.1, 0.15) is 50.7 Å². The van der Waals surface area contributed by atoms with E-state index in [-0.39, 0.29) is 11.6 Å². The summed E-state index contributed by atoms with van der Waals surface area (Å²) in [7, 11) is 0. The van der Waals surface area contributed by atoms with Gasteiger partial charge in [-0.1, -0.05) is 61.0 Å². The highest BCUT2D eigenvalue weighted by atomic mass is 35.5. The zero-order chi connectivity index (χ0) is 19.4. The van der Waals surface area contributed by atoms with Gasteiger partial charge in [-0.05, 0) is 61.0 Å². The highest BCUT2D eigenvalue weighted by molar-refractivity contribution is 6.30. The minimum atomic E-state index is -0.213. The van der Waals surface area contributed by atoms with Crippen molar-refractivity contribution in [2.45, 2.75) is 45.8 Å². The highest BCUT2D eigenvalue weighted by Crippen LogP contribution is 2.31. The van der Waals surface area contributed by atoms with E-state index >= 15 is 0 Å². The van der Waals surface area contributed by atoms with Crippen molar-refractivity contribution in [1.82, 2.24) is 25.1 Å². The SMILES string of the molecule is CCN(Cc1ccccc1)[C@@H](c1ccc(Cl)cc1)c1nnnn1C(C)(C)C. The number of hydrogen-bond donors (Lipinski definition) is 0. The van der Waals surface area contributed by atoms with Crippen LogP contribution in [0.4, 0.5) is 0 Å². The molecule has 6 heteroatoms. The van der Waals surface area contributed by atoms with E-state index in [1.807, 2.05) is 22.9 Å². The lowest BCUT2D eigenvalue weighted by molar-refractivity contribution is 0.203. The summed E-state index contributed by atoms with van der Waals surface area (Å²) in [4.78, 5) is 2.38. The predicted octanol–water partition coefficient (Wildman–Crippen LogP) is 4.69. The molecule has 0 spiro atoms.